The molecule has 7 heteroatoms. The van der Waals surface area contributed by atoms with Crippen LogP contribution in [0.4, 0.5) is 10.1 Å². The summed E-state index contributed by atoms with van der Waals surface area (Å²) in [6.45, 7) is 5.92. The second-order valence-corrected chi connectivity index (χ2v) is 7.91. The first-order valence-electron chi connectivity index (χ1n) is 10.2. The van der Waals surface area contributed by atoms with E-state index in [1.807, 2.05) is 38.1 Å². The fourth-order valence-corrected chi connectivity index (χ4v) is 3.72. The Labute approximate surface area is 175 Å². The minimum absolute atomic E-state index is 0.126. The van der Waals surface area contributed by atoms with E-state index in [1.165, 1.54) is 6.07 Å². The number of nitrogens with one attached hydrogen (secondary N) is 1. The van der Waals surface area contributed by atoms with E-state index < -0.39 is 5.82 Å². The summed E-state index contributed by atoms with van der Waals surface area (Å²) in [5.41, 5.74) is 3.11. The summed E-state index contributed by atoms with van der Waals surface area (Å²) in [5, 5.41) is 6.82. The maximum Gasteiger partial charge on any atom is 0.257 e. The van der Waals surface area contributed by atoms with Gasteiger partial charge in [0.1, 0.15) is 5.82 Å². The number of hydrogen-bond acceptors (Lipinski definition) is 5. The fourth-order valence-electron chi connectivity index (χ4n) is 3.72. The molecule has 1 fully saturated rings. The van der Waals surface area contributed by atoms with Crippen LogP contribution in [0.25, 0.3) is 11.5 Å². The zero-order valence-electron chi connectivity index (χ0n) is 17.2. The number of piperidine rings is 1. The van der Waals surface area contributed by atoms with Gasteiger partial charge in [0.25, 0.3) is 5.89 Å². The number of aryl methyl sites for hydroxylation is 2. The van der Waals surface area contributed by atoms with Gasteiger partial charge in [0, 0.05) is 11.5 Å². The first-order chi connectivity index (χ1) is 14.5. The molecule has 0 radical (unpaired) electrons. The van der Waals surface area contributed by atoms with Crippen LogP contribution < -0.4 is 5.32 Å². The van der Waals surface area contributed by atoms with Crippen LogP contribution in [0.1, 0.15) is 29.8 Å². The highest BCUT2D eigenvalue weighted by Crippen LogP contribution is 2.23. The molecule has 0 bridgehead atoms. The molecule has 2 heterocycles. The molecular weight excluding hydrogens is 383 g/mol. The molecule has 0 spiro atoms. The molecule has 4 rings (SSSR count). The van der Waals surface area contributed by atoms with Gasteiger partial charge >= 0.3 is 0 Å². The smallest absolute Gasteiger partial charge is 0.257 e. The van der Waals surface area contributed by atoms with Crippen molar-refractivity contribution >= 4 is 11.6 Å². The van der Waals surface area contributed by atoms with Crippen LogP contribution in [0.15, 0.2) is 47.0 Å². The lowest BCUT2D eigenvalue weighted by atomic mass is 9.95. The molecule has 3 aromatic rings. The van der Waals surface area contributed by atoms with Gasteiger partial charge < -0.3 is 9.84 Å². The quantitative estimate of drug-likeness (QED) is 0.680. The summed E-state index contributed by atoms with van der Waals surface area (Å²) in [7, 11) is 0. The van der Waals surface area contributed by atoms with Crippen molar-refractivity contribution in [3.63, 3.8) is 0 Å². The van der Waals surface area contributed by atoms with Crippen molar-refractivity contribution in [2.45, 2.75) is 33.2 Å². The number of anilines is 1. The molecule has 1 aromatic heterocycles. The molecule has 2 aromatic carbocycles. The van der Waals surface area contributed by atoms with Gasteiger partial charge in [-0.05, 0) is 69.6 Å². The van der Waals surface area contributed by atoms with E-state index in [1.54, 1.807) is 12.1 Å². The van der Waals surface area contributed by atoms with Crippen LogP contribution in [0.2, 0.25) is 0 Å². The number of benzene rings is 2. The summed E-state index contributed by atoms with van der Waals surface area (Å²) in [4.78, 5) is 19.2. The van der Waals surface area contributed by atoms with Gasteiger partial charge in [0.05, 0.1) is 12.2 Å². The number of rotatable bonds is 5. The second kappa shape index (κ2) is 8.75. The molecule has 1 N–H and O–H groups in total. The van der Waals surface area contributed by atoms with Crippen molar-refractivity contribution in [1.29, 1.82) is 0 Å². The van der Waals surface area contributed by atoms with Crippen LogP contribution in [0.5, 0.6) is 0 Å². The Balaban J connectivity index is 1.30. The molecule has 1 amide bonds. The third kappa shape index (κ3) is 4.74. The van der Waals surface area contributed by atoms with Gasteiger partial charge in [-0.2, -0.15) is 4.98 Å². The maximum absolute atomic E-state index is 14.0. The van der Waals surface area contributed by atoms with E-state index in [2.05, 4.69) is 20.4 Å². The fraction of sp³-hybridized carbons (Fsp3) is 0.348. The molecule has 1 aliphatic rings. The van der Waals surface area contributed by atoms with E-state index in [0.717, 1.165) is 29.8 Å². The van der Waals surface area contributed by atoms with E-state index in [0.29, 0.717) is 31.1 Å². The lowest BCUT2D eigenvalue weighted by Crippen LogP contribution is -2.38. The molecule has 156 valence electrons. The molecule has 0 unspecified atom stereocenters. The molecule has 1 aliphatic heterocycles. The summed E-state index contributed by atoms with van der Waals surface area (Å²) in [5.74, 6) is 0.496. The summed E-state index contributed by atoms with van der Waals surface area (Å²) >= 11 is 0. The molecule has 1 saturated heterocycles. The van der Waals surface area contributed by atoms with Crippen molar-refractivity contribution in [1.82, 2.24) is 15.0 Å². The van der Waals surface area contributed by atoms with E-state index in [-0.39, 0.29) is 17.5 Å². The van der Waals surface area contributed by atoms with Gasteiger partial charge in [-0.15, -0.1) is 0 Å². The second-order valence-electron chi connectivity index (χ2n) is 7.91. The van der Waals surface area contributed by atoms with Crippen LogP contribution in [-0.4, -0.2) is 34.0 Å². The van der Waals surface area contributed by atoms with Crippen LogP contribution in [0, 0.1) is 25.6 Å². The zero-order chi connectivity index (χ0) is 21.1. The SMILES string of the molecule is Cc1cccc(-c2nc(CN3CCC(C(=O)Nc4ccc(C)cc4F)CC3)no2)c1. The molecule has 6 nitrogen and oxygen atoms in total. The summed E-state index contributed by atoms with van der Waals surface area (Å²) < 4.78 is 19.4. The zero-order valence-corrected chi connectivity index (χ0v) is 17.2. The highest BCUT2D eigenvalue weighted by molar-refractivity contribution is 5.92. The number of hydrogen-bond donors (Lipinski definition) is 1. The number of carbonyl (C=O) groups is 1. The highest BCUT2D eigenvalue weighted by atomic mass is 19.1. The Kier molecular flexibility index (Phi) is 5.90. The van der Waals surface area contributed by atoms with Crippen LogP contribution in [-0.2, 0) is 11.3 Å². The van der Waals surface area contributed by atoms with Crippen molar-refractivity contribution in [2.24, 2.45) is 5.92 Å². The minimum Gasteiger partial charge on any atom is -0.334 e. The Hall–Kier alpha value is -3.06. The molecule has 0 aliphatic carbocycles. The van der Waals surface area contributed by atoms with E-state index >= 15 is 0 Å². The van der Waals surface area contributed by atoms with Gasteiger partial charge in [-0.1, -0.05) is 28.9 Å². The van der Waals surface area contributed by atoms with Crippen molar-refractivity contribution in [2.75, 3.05) is 18.4 Å². The predicted octanol–water partition coefficient (Wildman–Crippen LogP) is 4.34. The number of likely N-dealkylation sites (tertiary alicyclic amines) is 1. The van der Waals surface area contributed by atoms with Gasteiger partial charge in [-0.25, -0.2) is 4.39 Å². The van der Waals surface area contributed by atoms with Crippen molar-refractivity contribution in [3.05, 3.63) is 65.2 Å². The lowest BCUT2D eigenvalue weighted by molar-refractivity contribution is -0.121. The Morgan fingerprint density at radius 2 is 1.93 bits per heavy atom. The van der Waals surface area contributed by atoms with Gasteiger partial charge in [0.2, 0.25) is 5.91 Å². The average molecular weight is 408 g/mol. The van der Waals surface area contributed by atoms with E-state index in [9.17, 15) is 9.18 Å². The van der Waals surface area contributed by atoms with E-state index in [4.69, 9.17) is 4.52 Å². The van der Waals surface area contributed by atoms with Crippen LogP contribution >= 0.6 is 0 Å². The maximum atomic E-state index is 14.0. The molecule has 0 saturated carbocycles. The molecular formula is C23H25FN4O2. The highest BCUT2D eigenvalue weighted by Gasteiger charge is 2.26. The third-order valence-electron chi connectivity index (χ3n) is 5.44. The lowest BCUT2D eigenvalue weighted by Gasteiger charge is -2.30. The average Bonchev–Trinajstić information content (AvgIpc) is 3.19. The summed E-state index contributed by atoms with van der Waals surface area (Å²) in [6, 6.07) is 12.8. The number of amides is 1. The monoisotopic (exact) mass is 408 g/mol. The van der Waals surface area contributed by atoms with Gasteiger partial charge in [-0.3, -0.25) is 9.69 Å². The number of nitrogens with zero attached hydrogens (tertiary/aromatic N) is 3. The molecule has 0 atom stereocenters. The number of carbonyl (C=O) groups excluding carboxylic acids is 1. The standard InChI is InChI=1S/C23H25FN4O2/c1-15-4-3-5-18(12-15)23-26-21(27-30-23)14-28-10-8-17(9-11-28)22(29)25-20-7-6-16(2)13-19(20)24/h3-7,12-13,17H,8-11,14H2,1-2H3,(H,25,29). The van der Waals surface area contributed by atoms with Crippen molar-refractivity contribution < 1.29 is 13.7 Å². The Bertz CT molecular complexity index is 1040. The Morgan fingerprint density at radius 3 is 2.67 bits per heavy atom. The largest absolute Gasteiger partial charge is 0.334 e. The first-order valence-corrected chi connectivity index (χ1v) is 10.2. The number of halogens is 1. The van der Waals surface area contributed by atoms with Crippen molar-refractivity contribution in [3.8, 4) is 11.5 Å². The minimum atomic E-state index is -0.401. The Morgan fingerprint density at radius 1 is 1.17 bits per heavy atom. The topological polar surface area (TPSA) is 71.3 Å². The number of aromatic nitrogens is 2. The van der Waals surface area contributed by atoms with Crippen LogP contribution in [0.3, 0.4) is 0 Å². The van der Waals surface area contributed by atoms with Gasteiger partial charge in [0.15, 0.2) is 5.82 Å². The predicted molar refractivity (Wildman–Crippen MR) is 112 cm³/mol. The molecule has 30 heavy (non-hydrogen) atoms. The summed E-state index contributed by atoms with van der Waals surface area (Å²) in [6.07, 6.45) is 1.42. The first kappa shape index (κ1) is 20.2. The normalized spacial score (nSPS) is 15.3. The third-order valence-corrected chi connectivity index (χ3v) is 5.44.